The Morgan fingerprint density at radius 3 is 2.85 bits per heavy atom. The highest BCUT2D eigenvalue weighted by Gasteiger charge is 2.22. The van der Waals surface area contributed by atoms with Gasteiger partial charge in [0.15, 0.2) is 0 Å². The Morgan fingerprint density at radius 1 is 1.40 bits per heavy atom. The molecule has 0 atom stereocenters. The van der Waals surface area contributed by atoms with Gasteiger partial charge in [-0.15, -0.1) is 0 Å². The molecule has 0 radical (unpaired) electrons. The minimum absolute atomic E-state index is 0.191. The summed E-state index contributed by atoms with van der Waals surface area (Å²) in [5, 5.41) is 3.05. The highest BCUT2D eigenvalue weighted by molar-refractivity contribution is 5.78. The summed E-state index contributed by atoms with van der Waals surface area (Å²) in [6.45, 7) is 2.74. The Morgan fingerprint density at radius 2 is 2.15 bits per heavy atom. The lowest BCUT2D eigenvalue weighted by Gasteiger charge is -2.28. The van der Waals surface area contributed by atoms with Crippen LogP contribution in [0.2, 0.25) is 0 Å². The molecule has 1 aliphatic rings. The molecule has 1 heterocycles. The van der Waals surface area contributed by atoms with E-state index >= 15 is 0 Å². The molecule has 1 aromatic rings. The van der Waals surface area contributed by atoms with Crippen LogP contribution in [0.15, 0.2) is 24.3 Å². The standard InChI is InChI=1S/C16H24N2O2/c1-18-10-7-14(8-11-18)16(19)17-9-6-13-4-3-5-15(12-13)20-2/h3-5,12,14H,6-11H2,1-2H3,(H,17,19). The van der Waals surface area contributed by atoms with Gasteiger partial charge in [-0.25, -0.2) is 0 Å². The van der Waals surface area contributed by atoms with Crippen molar-refractivity contribution in [2.45, 2.75) is 19.3 Å². The summed E-state index contributed by atoms with van der Waals surface area (Å²) in [4.78, 5) is 14.3. The molecular formula is C16H24N2O2. The quantitative estimate of drug-likeness (QED) is 0.890. The van der Waals surface area contributed by atoms with Gasteiger partial charge >= 0.3 is 0 Å². The van der Waals surface area contributed by atoms with Crippen molar-refractivity contribution in [3.63, 3.8) is 0 Å². The zero-order chi connectivity index (χ0) is 14.4. The summed E-state index contributed by atoms with van der Waals surface area (Å²) in [5.74, 6) is 1.27. The Balaban J connectivity index is 1.73. The number of rotatable bonds is 5. The second-order valence-electron chi connectivity index (χ2n) is 5.47. The number of piperidine rings is 1. The number of carbonyl (C=O) groups excluding carboxylic acids is 1. The Hall–Kier alpha value is -1.55. The summed E-state index contributed by atoms with van der Waals surface area (Å²) in [6, 6.07) is 7.99. The Bertz CT molecular complexity index is 440. The fourth-order valence-corrected chi connectivity index (χ4v) is 2.57. The van der Waals surface area contributed by atoms with Gasteiger partial charge in [0.05, 0.1) is 7.11 Å². The molecule has 4 nitrogen and oxygen atoms in total. The number of nitrogens with zero attached hydrogens (tertiary/aromatic N) is 1. The van der Waals surface area contributed by atoms with Crippen LogP contribution >= 0.6 is 0 Å². The van der Waals surface area contributed by atoms with Crippen molar-refractivity contribution < 1.29 is 9.53 Å². The van der Waals surface area contributed by atoms with Gasteiger partial charge in [-0.2, -0.15) is 0 Å². The molecule has 0 aliphatic carbocycles. The minimum atomic E-state index is 0.191. The fraction of sp³-hybridized carbons (Fsp3) is 0.562. The number of hydrogen-bond acceptors (Lipinski definition) is 3. The van der Waals surface area contributed by atoms with E-state index in [4.69, 9.17) is 4.74 Å². The van der Waals surface area contributed by atoms with Crippen LogP contribution < -0.4 is 10.1 Å². The SMILES string of the molecule is COc1cccc(CCNC(=O)C2CCN(C)CC2)c1. The van der Waals surface area contributed by atoms with E-state index in [0.29, 0.717) is 6.54 Å². The lowest BCUT2D eigenvalue weighted by Crippen LogP contribution is -2.39. The first-order valence-electron chi connectivity index (χ1n) is 7.28. The van der Waals surface area contributed by atoms with Gasteiger partial charge in [0.25, 0.3) is 0 Å². The third kappa shape index (κ3) is 4.23. The maximum atomic E-state index is 12.1. The van der Waals surface area contributed by atoms with Crippen molar-refractivity contribution in [2.24, 2.45) is 5.92 Å². The summed E-state index contributed by atoms with van der Waals surface area (Å²) >= 11 is 0. The number of methoxy groups -OCH3 is 1. The van der Waals surface area contributed by atoms with E-state index in [9.17, 15) is 4.79 Å². The lowest BCUT2D eigenvalue weighted by atomic mass is 9.96. The number of likely N-dealkylation sites (tertiary alicyclic amines) is 1. The molecule has 1 fully saturated rings. The first kappa shape index (κ1) is 14.9. The highest BCUT2D eigenvalue weighted by atomic mass is 16.5. The lowest BCUT2D eigenvalue weighted by molar-refractivity contribution is -0.126. The average molecular weight is 276 g/mol. The zero-order valence-corrected chi connectivity index (χ0v) is 12.4. The molecule has 0 bridgehead atoms. The molecule has 20 heavy (non-hydrogen) atoms. The zero-order valence-electron chi connectivity index (χ0n) is 12.4. The third-order valence-corrected chi connectivity index (χ3v) is 3.94. The van der Waals surface area contributed by atoms with Crippen LogP contribution in [0.3, 0.4) is 0 Å². The summed E-state index contributed by atoms with van der Waals surface area (Å²) in [5.41, 5.74) is 1.19. The van der Waals surface area contributed by atoms with Gasteiger partial charge in [-0.3, -0.25) is 4.79 Å². The van der Waals surface area contributed by atoms with Crippen LogP contribution in [0, 0.1) is 5.92 Å². The summed E-state index contributed by atoms with van der Waals surface area (Å²) in [7, 11) is 3.78. The predicted octanol–water partition coefficient (Wildman–Crippen LogP) is 1.70. The van der Waals surface area contributed by atoms with Crippen molar-refractivity contribution in [2.75, 3.05) is 33.8 Å². The minimum Gasteiger partial charge on any atom is -0.497 e. The number of benzene rings is 1. The summed E-state index contributed by atoms with van der Waals surface area (Å²) in [6.07, 6.45) is 2.79. The van der Waals surface area contributed by atoms with Crippen LogP contribution in [-0.2, 0) is 11.2 Å². The molecule has 1 aliphatic heterocycles. The predicted molar refractivity (Wildman–Crippen MR) is 79.9 cm³/mol. The number of amides is 1. The van der Waals surface area contributed by atoms with Crippen molar-refractivity contribution in [1.29, 1.82) is 0 Å². The van der Waals surface area contributed by atoms with E-state index in [2.05, 4.69) is 23.3 Å². The van der Waals surface area contributed by atoms with E-state index in [1.165, 1.54) is 5.56 Å². The van der Waals surface area contributed by atoms with E-state index < -0.39 is 0 Å². The van der Waals surface area contributed by atoms with Crippen molar-refractivity contribution >= 4 is 5.91 Å². The van der Waals surface area contributed by atoms with Crippen molar-refractivity contribution in [3.8, 4) is 5.75 Å². The summed E-state index contributed by atoms with van der Waals surface area (Å²) < 4.78 is 5.20. The maximum absolute atomic E-state index is 12.1. The molecule has 1 N–H and O–H groups in total. The second kappa shape index (κ2) is 7.29. The smallest absolute Gasteiger partial charge is 0.223 e. The molecular weight excluding hydrogens is 252 g/mol. The number of hydrogen-bond donors (Lipinski definition) is 1. The van der Waals surface area contributed by atoms with Crippen molar-refractivity contribution in [3.05, 3.63) is 29.8 Å². The second-order valence-corrected chi connectivity index (χ2v) is 5.47. The number of nitrogens with one attached hydrogen (secondary N) is 1. The largest absolute Gasteiger partial charge is 0.497 e. The van der Waals surface area contributed by atoms with E-state index in [1.54, 1.807) is 7.11 Å². The molecule has 110 valence electrons. The van der Waals surface area contributed by atoms with E-state index in [1.807, 2.05) is 18.2 Å². The van der Waals surface area contributed by atoms with Gasteiger partial charge in [0, 0.05) is 12.5 Å². The van der Waals surface area contributed by atoms with Crippen LogP contribution in [0.5, 0.6) is 5.75 Å². The van der Waals surface area contributed by atoms with Gasteiger partial charge in [-0.1, -0.05) is 12.1 Å². The molecule has 1 aromatic carbocycles. The molecule has 1 amide bonds. The van der Waals surface area contributed by atoms with Crippen LogP contribution in [0.1, 0.15) is 18.4 Å². The van der Waals surface area contributed by atoms with Gasteiger partial charge < -0.3 is 15.0 Å². The first-order chi connectivity index (χ1) is 9.69. The topological polar surface area (TPSA) is 41.6 Å². The highest BCUT2D eigenvalue weighted by Crippen LogP contribution is 2.16. The third-order valence-electron chi connectivity index (χ3n) is 3.94. The fourth-order valence-electron chi connectivity index (χ4n) is 2.57. The van der Waals surface area contributed by atoms with Gasteiger partial charge in [0.1, 0.15) is 5.75 Å². The number of ether oxygens (including phenoxy) is 1. The van der Waals surface area contributed by atoms with E-state index in [-0.39, 0.29) is 11.8 Å². The molecule has 0 aromatic heterocycles. The average Bonchev–Trinajstić information content (AvgIpc) is 2.48. The molecule has 0 unspecified atom stereocenters. The Kier molecular flexibility index (Phi) is 5.41. The monoisotopic (exact) mass is 276 g/mol. The number of carbonyl (C=O) groups is 1. The molecule has 1 saturated heterocycles. The Labute approximate surface area is 121 Å². The van der Waals surface area contributed by atoms with E-state index in [0.717, 1.165) is 38.1 Å². The van der Waals surface area contributed by atoms with Gasteiger partial charge in [0.2, 0.25) is 5.91 Å². The van der Waals surface area contributed by atoms with Crippen LogP contribution in [-0.4, -0.2) is 44.6 Å². The van der Waals surface area contributed by atoms with Crippen LogP contribution in [0.4, 0.5) is 0 Å². The normalized spacial score (nSPS) is 16.9. The molecule has 0 spiro atoms. The van der Waals surface area contributed by atoms with Gasteiger partial charge in [-0.05, 0) is 57.1 Å². The molecule has 0 saturated carbocycles. The molecule has 2 rings (SSSR count). The van der Waals surface area contributed by atoms with Crippen LogP contribution in [0.25, 0.3) is 0 Å². The molecule has 4 heteroatoms. The first-order valence-corrected chi connectivity index (χ1v) is 7.28. The maximum Gasteiger partial charge on any atom is 0.223 e. The van der Waals surface area contributed by atoms with Crippen molar-refractivity contribution in [1.82, 2.24) is 10.2 Å².